The van der Waals surface area contributed by atoms with Crippen LogP contribution in [0.15, 0.2) is 48.0 Å². The quantitative estimate of drug-likeness (QED) is 0.503. The molecule has 0 radical (unpaired) electrons. The molecule has 0 saturated heterocycles. The van der Waals surface area contributed by atoms with Gasteiger partial charge in [0.05, 0.1) is 5.56 Å². The fourth-order valence-corrected chi connectivity index (χ4v) is 3.21. The summed E-state index contributed by atoms with van der Waals surface area (Å²) in [4.78, 5) is 0. The summed E-state index contributed by atoms with van der Waals surface area (Å²) < 4.78 is 3.57. The van der Waals surface area contributed by atoms with E-state index in [0.29, 0.717) is 0 Å². The molecule has 3 aromatic rings. The lowest BCUT2D eigenvalue weighted by atomic mass is 10.0. The van der Waals surface area contributed by atoms with Crippen LogP contribution in [0.4, 0.5) is 0 Å². The molecule has 0 aliphatic carbocycles. The largest absolute Gasteiger partial charge is 0.230 e. The van der Waals surface area contributed by atoms with Gasteiger partial charge in [-0.2, -0.15) is 4.57 Å². The molecule has 0 saturated carbocycles. The van der Waals surface area contributed by atoms with E-state index >= 15 is 0 Å². The lowest BCUT2D eigenvalue weighted by Gasteiger charge is -2.04. The van der Waals surface area contributed by atoms with Gasteiger partial charge in [0.25, 0.3) is 0 Å². The Morgan fingerprint density at radius 1 is 0.905 bits per heavy atom. The second-order valence-electron chi connectivity index (χ2n) is 4.30. The summed E-state index contributed by atoms with van der Waals surface area (Å²) in [6.07, 6.45) is 2.14. The molecule has 0 aliphatic heterocycles. The van der Waals surface area contributed by atoms with E-state index in [9.17, 15) is 0 Å². The van der Waals surface area contributed by atoms with Crippen molar-refractivity contribution in [3.05, 3.63) is 53.5 Å². The van der Waals surface area contributed by atoms with Crippen LogP contribution in [0.2, 0.25) is 0 Å². The molecule has 21 heavy (non-hydrogen) atoms. The van der Waals surface area contributed by atoms with E-state index in [1.165, 1.54) is 26.9 Å². The molecule has 0 bridgehead atoms. The van der Waals surface area contributed by atoms with Crippen molar-refractivity contribution in [1.29, 1.82) is 0 Å². The van der Waals surface area contributed by atoms with Crippen molar-refractivity contribution in [2.45, 2.75) is 34.6 Å². The number of aryl methyl sites for hydroxylation is 2. The van der Waals surface area contributed by atoms with E-state index < -0.39 is 0 Å². The second kappa shape index (κ2) is 8.58. The van der Waals surface area contributed by atoms with Crippen LogP contribution >= 0.6 is 11.3 Å². The number of rotatable bonds is 1. The summed E-state index contributed by atoms with van der Waals surface area (Å²) in [6, 6.07) is 12.9. The molecule has 3 rings (SSSR count). The Hall–Kier alpha value is -1.67. The van der Waals surface area contributed by atoms with E-state index in [1.54, 1.807) is 0 Å². The van der Waals surface area contributed by atoms with Gasteiger partial charge in [0.15, 0.2) is 6.20 Å². The third-order valence-electron chi connectivity index (χ3n) is 3.14. The normalized spacial score (nSPS) is 9.43. The first kappa shape index (κ1) is 17.4. The third kappa shape index (κ3) is 3.70. The molecule has 2 heterocycles. The second-order valence-corrected chi connectivity index (χ2v) is 5.21. The van der Waals surface area contributed by atoms with Crippen LogP contribution in [-0.2, 0) is 7.05 Å². The first-order chi connectivity index (χ1) is 10.3. The van der Waals surface area contributed by atoms with Crippen LogP contribution in [0.1, 0.15) is 33.3 Å². The zero-order valence-corrected chi connectivity index (χ0v) is 14.8. The van der Waals surface area contributed by atoms with E-state index in [2.05, 4.69) is 66.5 Å². The van der Waals surface area contributed by atoms with Gasteiger partial charge in [-0.3, -0.25) is 0 Å². The van der Waals surface area contributed by atoms with Gasteiger partial charge >= 0.3 is 0 Å². The molecule has 112 valence electrons. The lowest BCUT2D eigenvalue weighted by Crippen LogP contribution is -2.30. The first-order valence-corrected chi connectivity index (χ1v) is 8.57. The molecule has 0 atom stereocenters. The van der Waals surface area contributed by atoms with Gasteiger partial charge in [0.1, 0.15) is 11.7 Å². The summed E-state index contributed by atoms with van der Waals surface area (Å²) in [5.74, 6) is 0. The van der Waals surface area contributed by atoms with Crippen LogP contribution in [-0.4, -0.2) is 0 Å². The molecule has 0 unspecified atom stereocenters. The van der Waals surface area contributed by atoms with Gasteiger partial charge in [-0.25, -0.2) is 0 Å². The van der Waals surface area contributed by atoms with E-state index in [1.807, 2.05) is 39.0 Å². The Balaban J connectivity index is 0.000000510. The molecule has 0 amide bonds. The van der Waals surface area contributed by atoms with E-state index in [4.69, 9.17) is 0 Å². The van der Waals surface area contributed by atoms with Crippen LogP contribution in [0.5, 0.6) is 0 Å². The van der Waals surface area contributed by atoms with Gasteiger partial charge in [-0.1, -0.05) is 45.9 Å². The van der Waals surface area contributed by atoms with Gasteiger partial charge in [0, 0.05) is 11.5 Å². The molecular formula is C19H26NS+. The summed E-state index contributed by atoms with van der Waals surface area (Å²) in [5.41, 5.74) is 3.96. The average molecular weight is 300 g/mol. The van der Waals surface area contributed by atoms with Crippen molar-refractivity contribution in [3.8, 4) is 11.3 Å². The predicted molar refractivity (Wildman–Crippen MR) is 95.9 cm³/mol. The van der Waals surface area contributed by atoms with Gasteiger partial charge in [0.2, 0.25) is 5.69 Å². The van der Waals surface area contributed by atoms with Crippen molar-refractivity contribution in [3.63, 3.8) is 0 Å². The summed E-state index contributed by atoms with van der Waals surface area (Å²) >= 11 is 1.81. The zero-order chi connectivity index (χ0) is 15.8. The average Bonchev–Trinajstić information content (AvgIpc) is 3.01. The maximum absolute atomic E-state index is 2.21. The molecule has 0 aliphatic rings. The Kier molecular flexibility index (Phi) is 7.10. The standard InChI is InChI=1S/C15H14NS.2C2H6/c1-11-5-3-4-6-13(11)14-15-12(8-10-17-15)7-9-16(14)2;2*1-2/h3-10H,1-2H3;2*1-2H3/q+1;;. The van der Waals surface area contributed by atoms with Crippen molar-refractivity contribution in [1.82, 2.24) is 0 Å². The first-order valence-electron chi connectivity index (χ1n) is 7.69. The van der Waals surface area contributed by atoms with Gasteiger partial charge in [-0.15, -0.1) is 11.3 Å². The number of nitrogens with zero attached hydrogens (tertiary/aromatic N) is 1. The van der Waals surface area contributed by atoms with Gasteiger partial charge < -0.3 is 0 Å². The molecular weight excluding hydrogens is 274 g/mol. The van der Waals surface area contributed by atoms with E-state index in [0.717, 1.165) is 0 Å². The maximum atomic E-state index is 2.21. The lowest BCUT2D eigenvalue weighted by molar-refractivity contribution is -0.659. The van der Waals surface area contributed by atoms with Crippen molar-refractivity contribution < 1.29 is 4.57 Å². The van der Waals surface area contributed by atoms with Crippen molar-refractivity contribution in [2.24, 2.45) is 7.05 Å². The number of benzene rings is 1. The molecule has 0 spiro atoms. The fraction of sp³-hybridized carbons (Fsp3) is 0.316. The molecule has 2 heteroatoms. The SMILES string of the molecule is CC.CC.Cc1ccccc1-c1c2sccc2cc[n+]1C. The van der Waals surface area contributed by atoms with Crippen molar-refractivity contribution in [2.75, 3.05) is 0 Å². The molecule has 0 fully saturated rings. The number of thiophene rings is 1. The Morgan fingerprint density at radius 3 is 2.24 bits per heavy atom. The minimum Gasteiger partial charge on any atom is -0.200 e. The minimum absolute atomic E-state index is 1.32. The number of hydrogen-bond donors (Lipinski definition) is 0. The Bertz CT molecular complexity index is 683. The number of fused-ring (bicyclic) bond motifs is 1. The number of pyridine rings is 1. The highest BCUT2D eigenvalue weighted by molar-refractivity contribution is 7.17. The smallest absolute Gasteiger partial charge is 0.200 e. The van der Waals surface area contributed by atoms with E-state index in [-0.39, 0.29) is 0 Å². The summed E-state index contributed by atoms with van der Waals surface area (Å²) in [6.45, 7) is 10.2. The molecule has 0 N–H and O–H groups in total. The Labute approximate surface area is 132 Å². The van der Waals surface area contributed by atoms with Crippen LogP contribution in [0.3, 0.4) is 0 Å². The molecule has 2 aromatic heterocycles. The van der Waals surface area contributed by atoms with Gasteiger partial charge in [-0.05, 0) is 30.0 Å². The van der Waals surface area contributed by atoms with Crippen molar-refractivity contribution >= 4 is 21.4 Å². The number of aromatic nitrogens is 1. The highest BCUT2D eigenvalue weighted by atomic mass is 32.1. The third-order valence-corrected chi connectivity index (χ3v) is 4.08. The zero-order valence-electron chi connectivity index (χ0n) is 14.0. The fourth-order valence-electron chi connectivity index (χ4n) is 2.22. The maximum Gasteiger partial charge on any atom is 0.230 e. The topological polar surface area (TPSA) is 3.88 Å². The predicted octanol–water partition coefficient (Wildman–Crippen LogP) is 5.75. The van der Waals surface area contributed by atoms with Crippen LogP contribution < -0.4 is 4.57 Å². The molecule has 1 aromatic carbocycles. The summed E-state index contributed by atoms with van der Waals surface area (Å²) in [5, 5.41) is 3.48. The minimum atomic E-state index is 1.32. The summed E-state index contributed by atoms with van der Waals surface area (Å²) in [7, 11) is 2.11. The highest BCUT2D eigenvalue weighted by Gasteiger charge is 2.17. The highest BCUT2D eigenvalue weighted by Crippen LogP contribution is 2.30. The van der Waals surface area contributed by atoms with Crippen LogP contribution in [0, 0.1) is 6.92 Å². The van der Waals surface area contributed by atoms with Crippen LogP contribution in [0.25, 0.3) is 21.3 Å². The Morgan fingerprint density at radius 2 is 1.57 bits per heavy atom. The molecule has 1 nitrogen and oxygen atoms in total. The monoisotopic (exact) mass is 300 g/mol. The number of hydrogen-bond acceptors (Lipinski definition) is 1.